The van der Waals surface area contributed by atoms with Crippen LogP contribution >= 0.6 is 0 Å². The standard InChI is InChI=1S/C14H17N3O2/c15-10(4-6-14(18)19)9-3-5-11-12(8-9)17-7-1-2-13(17)16-11/h3,5,8,10H,1-2,4,6-7,15H2,(H,18,19). The van der Waals surface area contributed by atoms with Crippen LogP contribution in [0.15, 0.2) is 18.2 Å². The normalized spacial score (nSPS) is 15.6. The van der Waals surface area contributed by atoms with Gasteiger partial charge in [-0.05, 0) is 30.5 Å². The molecule has 0 aliphatic carbocycles. The molecule has 0 fully saturated rings. The van der Waals surface area contributed by atoms with Crippen molar-refractivity contribution < 1.29 is 9.90 Å². The van der Waals surface area contributed by atoms with Gasteiger partial charge in [-0.1, -0.05) is 6.07 Å². The number of rotatable bonds is 4. The van der Waals surface area contributed by atoms with Crippen molar-refractivity contribution in [3.8, 4) is 0 Å². The molecule has 5 heteroatoms. The third kappa shape index (κ3) is 2.21. The van der Waals surface area contributed by atoms with E-state index in [4.69, 9.17) is 10.8 Å². The van der Waals surface area contributed by atoms with Crippen LogP contribution < -0.4 is 5.73 Å². The number of imidazole rings is 1. The van der Waals surface area contributed by atoms with Crippen molar-refractivity contribution in [2.24, 2.45) is 5.73 Å². The van der Waals surface area contributed by atoms with E-state index in [2.05, 4.69) is 15.6 Å². The predicted molar refractivity (Wildman–Crippen MR) is 71.9 cm³/mol. The highest BCUT2D eigenvalue weighted by Gasteiger charge is 2.17. The molecule has 3 rings (SSSR count). The van der Waals surface area contributed by atoms with Crippen LogP contribution in [0.4, 0.5) is 0 Å². The van der Waals surface area contributed by atoms with Crippen molar-refractivity contribution in [2.45, 2.75) is 38.3 Å². The number of hydrogen-bond acceptors (Lipinski definition) is 3. The molecule has 1 aromatic heterocycles. The fraction of sp³-hybridized carbons (Fsp3) is 0.429. The summed E-state index contributed by atoms with van der Waals surface area (Å²) in [6, 6.07) is 5.77. The number of carboxylic acid groups (broad SMARTS) is 1. The summed E-state index contributed by atoms with van der Waals surface area (Å²) in [5, 5.41) is 8.71. The maximum atomic E-state index is 10.6. The zero-order valence-electron chi connectivity index (χ0n) is 10.7. The first-order valence-corrected chi connectivity index (χ1v) is 6.61. The summed E-state index contributed by atoms with van der Waals surface area (Å²) in [5.41, 5.74) is 9.17. The number of aliphatic carboxylic acids is 1. The van der Waals surface area contributed by atoms with E-state index in [0.29, 0.717) is 6.42 Å². The Morgan fingerprint density at radius 3 is 3.16 bits per heavy atom. The number of aromatic nitrogens is 2. The molecule has 2 aromatic rings. The first-order chi connectivity index (χ1) is 9.15. The van der Waals surface area contributed by atoms with Gasteiger partial charge in [-0.2, -0.15) is 0 Å². The molecule has 100 valence electrons. The van der Waals surface area contributed by atoms with E-state index in [0.717, 1.165) is 41.8 Å². The van der Waals surface area contributed by atoms with Crippen molar-refractivity contribution in [1.82, 2.24) is 9.55 Å². The summed E-state index contributed by atoms with van der Waals surface area (Å²) in [6.45, 7) is 1.01. The van der Waals surface area contributed by atoms with Gasteiger partial charge in [0.1, 0.15) is 5.82 Å². The number of carboxylic acids is 1. The lowest BCUT2D eigenvalue weighted by atomic mass is 10.0. The number of hydrogen-bond donors (Lipinski definition) is 2. The van der Waals surface area contributed by atoms with Crippen molar-refractivity contribution in [3.63, 3.8) is 0 Å². The Kier molecular flexibility index (Phi) is 2.98. The monoisotopic (exact) mass is 259 g/mol. The number of aryl methyl sites for hydroxylation is 2. The molecule has 1 atom stereocenters. The smallest absolute Gasteiger partial charge is 0.303 e. The average molecular weight is 259 g/mol. The van der Waals surface area contributed by atoms with Gasteiger partial charge in [0.25, 0.3) is 0 Å². The molecule has 3 N–H and O–H groups in total. The van der Waals surface area contributed by atoms with E-state index >= 15 is 0 Å². The maximum Gasteiger partial charge on any atom is 0.303 e. The van der Waals surface area contributed by atoms with Gasteiger partial charge in [0, 0.05) is 25.4 Å². The molecule has 5 nitrogen and oxygen atoms in total. The molecule has 1 aromatic carbocycles. The second-order valence-corrected chi connectivity index (χ2v) is 5.07. The number of nitrogens with two attached hydrogens (primary N) is 1. The van der Waals surface area contributed by atoms with Crippen LogP contribution in [-0.2, 0) is 17.8 Å². The molecule has 1 aliphatic heterocycles. The fourth-order valence-electron chi connectivity index (χ4n) is 2.70. The van der Waals surface area contributed by atoms with Gasteiger partial charge in [0.05, 0.1) is 11.0 Å². The molecular formula is C14H17N3O2. The van der Waals surface area contributed by atoms with Crippen molar-refractivity contribution in [3.05, 3.63) is 29.6 Å². The lowest BCUT2D eigenvalue weighted by Gasteiger charge is -2.11. The molecule has 19 heavy (non-hydrogen) atoms. The fourth-order valence-corrected chi connectivity index (χ4v) is 2.70. The number of benzene rings is 1. The molecule has 0 saturated heterocycles. The van der Waals surface area contributed by atoms with Crippen LogP contribution in [0.25, 0.3) is 11.0 Å². The van der Waals surface area contributed by atoms with Crippen LogP contribution in [0.5, 0.6) is 0 Å². The second-order valence-electron chi connectivity index (χ2n) is 5.07. The summed E-state index contributed by atoms with van der Waals surface area (Å²) in [6.07, 6.45) is 2.74. The maximum absolute atomic E-state index is 10.6. The van der Waals surface area contributed by atoms with Gasteiger partial charge in [-0.3, -0.25) is 4.79 Å². The Labute approximate surface area is 111 Å². The van der Waals surface area contributed by atoms with Gasteiger partial charge in [0.2, 0.25) is 0 Å². The van der Waals surface area contributed by atoms with E-state index in [-0.39, 0.29) is 12.5 Å². The van der Waals surface area contributed by atoms with E-state index in [1.165, 1.54) is 0 Å². The minimum absolute atomic E-state index is 0.101. The van der Waals surface area contributed by atoms with Gasteiger partial charge < -0.3 is 15.4 Å². The van der Waals surface area contributed by atoms with Crippen molar-refractivity contribution >= 4 is 17.0 Å². The Balaban J connectivity index is 1.90. The third-order valence-electron chi connectivity index (χ3n) is 3.73. The Hall–Kier alpha value is -1.88. The van der Waals surface area contributed by atoms with E-state index in [9.17, 15) is 4.79 Å². The summed E-state index contributed by atoms with van der Waals surface area (Å²) in [5.74, 6) is 0.341. The summed E-state index contributed by atoms with van der Waals surface area (Å²) >= 11 is 0. The summed E-state index contributed by atoms with van der Waals surface area (Å²) in [7, 11) is 0. The Bertz CT molecular complexity index is 633. The minimum Gasteiger partial charge on any atom is -0.481 e. The first-order valence-electron chi connectivity index (χ1n) is 6.61. The second kappa shape index (κ2) is 4.66. The van der Waals surface area contributed by atoms with E-state index in [1.54, 1.807) is 0 Å². The molecule has 1 unspecified atom stereocenters. The minimum atomic E-state index is -0.804. The number of fused-ring (bicyclic) bond motifs is 3. The zero-order chi connectivity index (χ0) is 13.4. The van der Waals surface area contributed by atoms with Gasteiger partial charge in [-0.15, -0.1) is 0 Å². The van der Waals surface area contributed by atoms with Crippen molar-refractivity contribution in [2.75, 3.05) is 0 Å². The van der Waals surface area contributed by atoms with Crippen LogP contribution in [0, 0.1) is 0 Å². The first kappa shape index (κ1) is 12.2. The molecule has 0 radical (unpaired) electrons. The predicted octanol–water partition coefficient (Wildman–Crippen LogP) is 1.85. The number of carbonyl (C=O) groups is 1. The van der Waals surface area contributed by atoms with Gasteiger partial charge >= 0.3 is 5.97 Å². The summed E-state index contributed by atoms with van der Waals surface area (Å²) < 4.78 is 2.24. The highest BCUT2D eigenvalue weighted by molar-refractivity contribution is 5.77. The van der Waals surface area contributed by atoms with E-state index in [1.807, 2.05) is 12.1 Å². The van der Waals surface area contributed by atoms with Crippen LogP contribution in [0.1, 0.15) is 36.7 Å². The molecule has 0 spiro atoms. The van der Waals surface area contributed by atoms with Crippen LogP contribution in [-0.4, -0.2) is 20.6 Å². The lowest BCUT2D eigenvalue weighted by molar-refractivity contribution is -0.137. The Morgan fingerprint density at radius 2 is 2.37 bits per heavy atom. The van der Waals surface area contributed by atoms with Gasteiger partial charge in [0.15, 0.2) is 0 Å². The van der Waals surface area contributed by atoms with E-state index < -0.39 is 5.97 Å². The third-order valence-corrected chi connectivity index (χ3v) is 3.73. The lowest BCUT2D eigenvalue weighted by Crippen LogP contribution is -2.12. The SMILES string of the molecule is NC(CCC(=O)O)c1ccc2nc3n(c2c1)CCC3. The zero-order valence-corrected chi connectivity index (χ0v) is 10.7. The van der Waals surface area contributed by atoms with Crippen molar-refractivity contribution in [1.29, 1.82) is 0 Å². The molecule has 0 saturated carbocycles. The quantitative estimate of drug-likeness (QED) is 0.878. The molecule has 2 heterocycles. The largest absolute Gasteiger partial charge is 0.481 e. The summed E-state index contributed by atoms with van der Waals surface area (Å²) in [4.78, 5) is 15.2. The Morgan fingerprint density at radius 1 is 1.53 bits per heavy atom. The molecule has 0 amide bonds. The van der Waals surface area contributed by atoms with Gasteiger partial charge in [-0.25, -0.2) is 4.98 Å². The number of nitrogens with zero attached hydrogens (tertiary/aromatic N) is 2. The molecule has 0 bridgehead atoms. The topological polar surface area (TPSA) is 81.1 Å². The molecule has 1 aliphatic rings. The van der Waals surface area contributed by atoms with Crippen LogP contribution in [0.2, 0.25) is 0 Å². The highest BCUT2D eigenvalue weighted by Crippen LogP contribution is 2.26. The highest BCUT2D eigenvalue weighted by atomic mass is 16.4. The van der Waals surface area contributed by atoms with Crippen LogP contribution in [0.3, 0.4) is 0 Å². The molecular weight excluding hydrogens is 242 g/mol. The average Bonchev–Trinajstić information content (AvgIpc) is 2.95.